The Bertz CT molecular complexity index is 608. The Morgan fingerprint density at radius 1 is 1.20 bits per heavy atom. The Morgan fingerprint density at radius 2 is 1.90 bits per heavy atom. The molecule has 3 heteroatoms. The molecule has 106 valence electrons. The first-order valence-electron chi connectivity index (χ1n) is 6.82. The molecule has 0 saturated carbocycles. The lowest BCUT2D eigenvalue weighted by Crippen LogP contribution is -2.00. The second-order valence-electron chi connectivity index (χ2n) is 5.29. The van der Waals surface area contributed by atoms with Crippen molar-refractivity contribution in [2.24, 2.45) is 0 Å². The number of aryl methyl sites for hydroxylation is 2. The highest BCUT2D eigenvalue weighted by Crippen LogP contribution is 2.32. The van der Waals surface area contributed by atoms with E-state index >= 15 is 0 Å². The molecular formula is C17H20ClNO. The van der Waals surface area contributed by atoms with Crippen LogP contribution in [0.2, 0.25) is 0 Å². The summed E-state index contributed by atoms with van der Waals surface area (Å²) in [5.41, 5.74) is 4.18. The van der Waals surface area contributed by atoms with E-state index in [0.717, 1.165) is 22.6 Å². The number of rotatable bonds is 4. The lowest BCUT2D eigenvalue weighted by Gasteiger charge is -2.16. The number of hydrogen-bond acceptors (Lipinski definition) is 2. The highest BCUT2D eigenvalue weighted by molar-refractivity contribution is 6.17. The van der Waals surface area contributed by atoms with Crippen LogP contribution >= 0.6 is 11.6 Å². The number of hydrogen-bond donors (Lipinski definition) is 0. The summed E-state index contributed by atoms with van der Waals surface area (Å²) in [4.78, 5) is 4.49. The summed E-state index contributed by atoms with van der Waals surface area (Å²) in [6, 6.07) is 10.1. The van der Waals surface area contributed by atoms with Gasteiger partial charge in [-0.2, -0.15) is 0 Å². The fourth-order valence-corrected chi connectivity index (χ4v) is 2.56. The monoisotopic (exact) mass is 289 g/mol. The van der Waals surface area contributed by atoms with E-state index < -0.39 is 0 Å². The summed E-state index contributed by atoms with van der Waals surface area (Å²) >= 11 is 6.04. The van der Waals surface area contributed by atoms with Gasteiger partial charge in [-0.25, -0.2) is 4.98 Å². The molecule has 0 aliphatic heterocycles. The van der Waals surface area contributed by atoms with Gasteiger partial charge in [-0.1, -0.05) is 32.0 Å². The molecule has 0 amide bonds. The van der Waals surface area contributed by atoms with Crippen LogP contribution in [0.25, 0.3) is 0 Å². The van der Waals surface area contributed by atoms with Gasteiger partial charge < -0.3 is 4.74 Å². The second kappa shape index (κ2) is 6.27. The van der Waals surface area contributed by atoms with E-state index in [0.29, 0.717) is 17.7 Å². The molecule has 0 bridgehead atoms. The molecule has 0 atom stereocenters. The Labute approximate surface area is 125 Å². The fourth-order valence-electron chi connectivity index (χ4n) is 2.23. The number of alkyl halides is 1. The van der Waals surface area contributed by atoms with Gasteiger partial charge in [0.05, 0.1) is 5.88 Å². The van der Waals surface area contributed by atoms with Crippen LogP contribution in [-0.2, 0) is 5.88 Å². The van der Waals surface area contributed by atoms with Gasteiger partial charge in [0.15, 0.2) is 0 Å². The van der Waals surface area contributed by atoms with Crippen molar-refractivity contribution in [1.29, 1.82) is 0 Å². The number of para-hydroxylation sites is 1. The predicted molar refractivity (Wildman–Crippen MR) is 83.9 cm³/mol. The van der Waals surface area contributed by atoms with Gasteiger partial charge in [-0.3, -0.25) is 0 Å². The van der Waals surface area contributed by atoms with Crippen LogP contribution in [0.5, 0.6) is 11.6 Å². The minimum atomic E-state index is 0.400. The van der Waals surface area contributed by atoms with Crippen LogP contribution in [0.4, 0.5) is 0 Å². The summed E-state index contributed by atoms with van der Waals surface area (Å²) in [5, 5.41) is 0. The van der Waals surface area contributed by atoms with E-state index in [1.165, 1.54) is 5.56 Å². The van der Waals surface area contributed by atoms with E-state index in [1.807, 2.05) is 38.1 Å². The first-order chi connectivity index (χ1) is 9.52. The van der Waals surface area contributed by atoms with Gasteiger partial charge in [-0.05, 0) is 43.0 Å². The molecule has 2 aromatic rings. The molecule has 0 N–H and O–H groups in total. The number of aromatic nitrogens is 1. The van der Waals surface area contributed by atoms with Crippen LogP contribution in [-0.4, -0.2) is 4.98 Å². The van der Waals surface area contributed by atoms with Gasteiger partial charge in [0, 0.05) is 11.3 Å². The van der Waals surface area contributed by atoms with E-state index in [1.54, 1.807) is 0 Å². The standard InChI is InChI=1S/C17H20ClNO/c1-11(2)14-7-5-6-8-16(14)20-17-15(10-18)12(3)9-13(4)19-17/h5-9,11H,10H2,1-4H3. The number of nitrogens with zero attached hydrogens (tertiary/aromatic N) is 1. The lowest BCUT2D eigenvalue weighted by atomic mass is 10.0. The Balaban J connectivity index is 2.45. The maximum atomic E-state index is 6.06. The van der Waals surface area contributed by atoms with E-state index in [-0.39, 0.29) is 0 Å². The summed E-state index contributed by atoms with van der Waals surface area (Å²) in [6.07, 6.45) is 0. The van der Waals surface area contributed by atoms with Crippen molar-refractivity contribution in [3.8, 4) is 11.6 Å². The van der Waals surface area contributed by atoms with Crippen molar-refractivity contribution in [1.82, 2.24) is 4.98 Å². The fraction of sp³-hybridized carbons (Fsp3) is 0.353. The van der Waals surface area contributed by atoms with Crippen LogP contribution in [0.3, 0.4) is 0 Å². The topological polar surface area (TPSA) is 22.1 Å². The molecular weight excluding hydrogens is 270 g/mol. The molecule has 0 aliphatic rings. The largest absolute Gasteiger partial charge is 0.438 e. The first-order valence-corrected chi connectivity index (χ1v) is 7.36. The Morgan fingerprint density at radius 3 is 2.55 bits per heavy atom. The minimum Gasteiger partial charge on any atom is -0.438 e. The molecule has 20 heavy (non-hydrogen) atoms. The SMILES string of the molecule is Cc1cc(C)c(CCl)c(Oc2ccccc2C(C)C)n1. The molecule has 0 unspecified atom stereocenters. The summed E-state index contributed by atoms with van der Waals surface area (Å²) in [7, 11) is 0. The Kier molecular flexibility index (Phi) is 4.66. The summed E-state index contributed by atoms with van der Waals surface area (Å²) < 4.78 is 6.06. The molecule has 0 saturated heterocycles. The van der Waals surface area contributed by atoms with Crippen LogP contribution in [0, 0.1) is 13.8 Å². The van der Waals surface area contributed by atoms with Crippen molar-refractivity contribution in [3.05, 3.63) is 52.7 Å². The predicted octanol–water partition coefficient (Wildman–Crippen LogP) is 5.35. The number of halogens is 1. The summed E-state index contributed by atoms with van der Waals surface area (Å²) in [5.74, 6) is 2.27. The Hall–Kier alpha value is -1.54. The molecule has 1 aromatic carbocycles. The third-order valence-corrected chi connectivity index (χ3v) is 3.59. The van der Waals surface area contributed by atoms with Crippen molar-refractivity contribution in [2.75, 3.05) is 0 Å². The van der Waals surface area contributed by atoms with Gasteiger partial charge in [0.1, 0.15) is 5.75 Å². The first kappa shape index (κ1) is 14.9. The number of ether oxygens (including phenoxy) is 1. The number of pyridine rings is 1. The van der Waals surface area contributed by atoms with Gasteiger partial charge in [-0.15, -0.1) is 11.6 Å². The maximum Gasteiger partial charge on any atom is 0.224 e. The van der Waals surface area contributed by atoms with Gasteiger partial charge >= 0.3 is 0 Å². The van der Waals surface area contributed by atoms with E-state index in [2.05, 4.69) is 24.9 Å². The third kappa shape index (κ3) is 3.13. The van der Waals surface area contributed by atoms with Crippen molar-refractivity contribution < 1.29 is 4.74 Å². The molecule has 0 spiro atoms. The molecule has 1 aromatic heterocycles. The number of benzene rings is 1. The average molecular weight is 290 g/mol. The van der Waals surface area contributed by atoms with E-state index in [4.69, 9.17) is 16.3 Å². The zero-order valence-corrected chi connectivity index (χ0v) is 13.2. The zero-order chi connectivity index (χ0) is 14.7. The molecule has 0 fully saturated rings. The van der Waals surface area contributed by atoms with Gasteiger partial charge in [0.25, 0.3) is 0 Å². The van der Waals surface area contributed by atoms with Crippen molar-refractivity contribution in [3.63, 3.8) is 0 Å². The van der Waals surface area contributed by atoms with Crippen molar-refractivity contribution in [2.45, 2.75) is 39.5 Å². The molecule has 2 nitrogen and oxygen atoms in total. The maximum absolute atomic E-state index is 6.06. The van der Waals surface area contributed by atoms with Crippen LogP contribution < -0.4 is 4.74 Å². The third-order valence-electron chi connectivity index (χ3n) is 3.32. The molecule has 0 aliphatic carbocycles. The van der Waals surface area contributed by atoms with E-state index in [9.17, 15) is 0 Å². The highest BCUT2D eigenvalue weighted by Gasteiger charge is 2.13. The lowest BCUT2D eigenvalue weighted by molar-refractivity contribution is 0.448. The molecule has 2 rings (SSSR count). The highest BCUT2D eigenvalue weighted by atomic mass is 35.5. The second-order valence-corrected chi connectivity index (χ2v) is 5.56. The van der Waals surface area contributed by atoms with Crippen LogP contribution in [0.1, 0.15) is 42.1 Å². The zero-order valence-electron chi connectivity index (χ0n) is 12.4. The molecule has 1 heterocycles. The molecule has 0 radical (unpaired) electrons. The quantitative estimate of drug-likeness (QED) is 0.708. The smallest absolute Gasteiger partial charge is 0.224 e. The van der Waals surface area contributed by atoms with Crippen LogP contribution in [0.15, 0.2) is 30.3 Å². The average Bonchev–Trinajstić information content (AvgIpc) is 2.38. The minimum absolute atomic E-state index is 0.400. The van der Waals surface area contributed by atoms with Gasteiger partial charge in [0.2, 0.25) is 5.88 Å². The summed E-state index contributed by atoms with van der Waals surface area (Å²) in [6.45, 7) is 8.30. The van der Waals surface area contributed by atoms with Crippen molar-refractivity contribution >= 4 is 11.6 Å². The normalized spacial score (nSPS) is 10.9.